The zero-order valence-corrected chi connectivity index (χ0v) is 15.5. The summed E-state index contributed by atoms with van der Waals surface area (Å²) in [7, 11) is 0. The number of aromatic nitrogens is 1. The van der Waals surface area contributed by atoms with Crippen LogP contribution in [0.4, 0.5) is 5.13 Å². The van der Waals surface area contributed by atoms with Crippen LogP contribution in [0.15, 0.2) is 41.8 Å². The molecule has 0 fully saturated rings. The van der Waals surface area contributed by atoms with E-state index in [1.807, 2.05) is 5.38 Å². The van der Waals surface area contributed by atoms with Crippen LogP contribution in [-0.4, -0.2) is 17.7 Å². The van der Waals surface area contributed by atoms with Crippen LogP contribution in [0.25, 0.3) is 11.3 Å². The van der Waals surface area contributed by atoms with E-state index in [-0.39, 0.29) is 12.7 Å². The first-order valence-electron chi connectivity index (χ1n) is 9.05. The molecule has 5 nitrogen and oxygen atoms in total. The molecule has 2 aromatic carbocycles. The molecule has 3 aromatic rings. The zero-order chi connectivity index (χ0) is 18.2. The summed E-state index contributed by atoms with van der Waals surface area (Å²) in [5, 5.41) is 5.45. The summed E-state index contributed by atoms with van der Waals surface area (Å²) < 4.78 is 10.6. The summed E-state index contributed by atoms with van der Waals surface area (Å²) in [5.41, 5.74) is 5.41. The Hall–Kier alpha value is -2.86. The number of nitrogens with zero attached hydrogens (tertiary/aromatic N) is 1. The van der Waals surface area contributed by atoms with E-state index in [2.05, 4.69) is 28.5 Å². The maximum absolute atomic E-state index is 12.5. The molecular weight excluding hydrogens is 360 g/mol. The van der Waals surface area contributed by atoms with Crippen molar-refractivity contribution in [1.29, 1.82) is 0 Å². The Bertz CT molecular complexity index is 1030. The van der Waals surface area contributed by atoms with Crippen LogP contribution in [0, 0.1) is 0 Å². The van der Waals surface area contributed by atoms with Crippen molar-refractivity contribution in [1.82, 2.24) is 4.98 Å². The van der Waals surface area contributed by atoms with E-state index in [1.165, 1.54) is 41.7 Å². The minimum atomic E-state index is -0.209. The maximum atomic E-state index is 12.5. The fourth-order valence-corrected chi connectivity index (χ4v) is 4.28. The van der Waals surface area contributed by atoms with Gasteiger partial charge in [0.2, 0.25) is 6.79 Å². The fourth-order valence-electron chi connectivity index (χ4n) is 3.56. The Morgan fingerprint density at radius 3 is 2.78 bits per heavy atom. The molecule has 0 saturated carbocycles. The van der Waals surface area contributed by atoms with Gasteiger partial charge in [-0.1, -0.05) is 12.1 Å². The first kappa shape index (κ1) is 16.3. The molecular formula is C21H18N2O3S. The van der Waals surface area contributed by atoms with Crippen LogP contribution in [0.5, 0.6) is 11.5 Å². The topological polar surface area (TPSA) is 60.5 Å². The highest BCUT2D eigenvalue weighted by Crippen LogP contribution is 2.33. The van der Waals surface area contributed by atoms with Crippen molar-refractivity contribution in [3.8, 4) is 22.8 Å². The number of hydrogen-bond donors (Lipinski definition) is 1. The maximum Gasteiger partial charge on any atom is 0.257 e. The standard InChI is InChI=1S/C21H18N2O3S/c24-20(16-7-8-18-19(10-16)26-12-25-18)23-21-22-17(11-27-21)15-6-5-13-3-1-2-4-14(13)9-15/h5-11H,1-4,12H2,(H,22,23,24). The fraction of sp³-hybridized carbons (Fsp3) is 0.238. The summed E-state index contributed by atoms with van der Waals surface area (Å²) in [6, 6.07) is 11.7. The van der Waals surface area contributed by atoms with Gasteiger partial charge in [-0.2, -0.15) is 0 Å². The molecule has 0 atom stereocenters. The second-order valence-corrected chi connectivity index (χ2v) is 7.61. The Kier molecular flexibility index (Phi) is 4.05. The monoisotopic (exact) mass is 378 g/mol. The quantitative estimate of drug-likeness (QED) is 0.719. The molecule has 1 aromatic heterocycles. The van der Waals surface area contributed by atoms with Gasteiger partial charge in [-0.05, 0) is 61.1 Å². The number of fused-ring (bicyclic) bond motifs is 2. The summed E-state index contributed by atoms with van der Waals surface area (Å²) >= 11 is 1.43. The molecule has 1 aliphatic carbocycles. The smallest absolute Gasteiger partial charge is 0.257 e. The number of anilines is 1. The molecule has 1 aliphatic heterocycles. The van der Waals surface area contributed by atoms with Crippen molar-refractivity contribution in [2.24, 2.45) is 0 Å². The Labute approximate surface area is 161 Å². The average Bonchev–Trinajstić information content (AvgIpc) is 3.36. The lowest BCUT2D eigenvalue weighted by atomic mass is 9.90. The number of rotatable bonds is 3. The summed E-state index contributed by atoms with van der Waals surface area (Å²) in [4.78, 5) is 17.1. The first-order valence-corrected chi connectivity index (χ1v) is 9.93. The Morgan fingerprint density at radius 1 is 1.00 bits per heavy atom. The van der Waals surface area contributed by atoms with E-state index in [0.29, 0.717) is 22.2 Å². The third kappa shape index (κ3) is 3.17. The lowest BCUT2D eigenvalue weighted by Crippen LogP contribution is -2.11. The molecule has 0 unspecified atom stereocenters. The molecule has 0 spiro atoms. The van der Waals surface area contributed by atoms with E-state index < -0.39 is 0 Å². The van der Waals surface area contributed by atoms with Crippen molar-refractivity contribution < 1.29 is 14.3 Å². The van der Waals surface area contributed by atoms with Gasteiger partial charge in [-0.25, -0.2) is 4.98 Å². The minimum Gasteiger partial charge on any atom is -0.454 e. The van der Waals surface area contributed by atoms with E-state index in [4.69, 9.17) is 9.47 Å². The predicted octanol–water partition coefficient (Wildman–Crippen LogP) is 4.67. The summed E-state index contributed by atoms with van der Waals surface area (Å²) in [5.74, 6) is 1.05. The molecule has 6 heteroatoms. The number of thiazole rings is 1. The molecule has 2 heterocycles. The molecule has 0 bridgehead atoms. The van der Waals surface area contributed by atoms with Crippen LogP contribution in [-0.2, 0) is 12.8 Å². The number of aryl methyl sites for hydroxylation is 2. The lowest BCUT2D eigenvalue weighted by molar-refractivity contribution is 0.102. The second kappa shape index (κ2) is 6.70. The first-order chi connectivity index (χ1) is 13.3. The lowest BCUT2D eigenvalue weighted by Gasteiger charge is -2.16. The van der Waals surface area contributed by atoms with Crippen molar-refractivity contribution in [2.75, 3.05) is 12.1 Å². The number of nitrogens with one attached hydrogen (secondary N) is 1. The van der Waals surface area contributed by atoms with E-state index >= 15 is 0 Å². The number of ether oxygens (including phenoxy) is 2. The molecule has 136 valence electrons. The van der Waals surface area contributed by atoms with Gasteiger partial charge in [-0.15, -0.1) is 11.3 Å². The highest BCUT2D eigenvalue weighted by atomic mass is 32.1. The van der Waals surface area contributed by atoms with Crippen molar-refractivity contribution >= 4 is 22.4 Å². The third-order valence-electron chi connectivity index (χ3n) is 5.00. The summed E-state index contributed by atoms with van der Waals surface area (Å²) in [6.45, 7) is 0.191. The number of benzene rings is 2. The average molecular weight is 378 g/mol. The number of hydrogen-bond acceptors (Lipinski definition) is 5. The molecule has 1 amide bonds. The van der Waals surface area contributed by atoms with Gasteiger partial charge in [0.05, 0.1) is 5.69 Å². The predicted molar refractivity (Wildman–Crippen MR) is 105 cm³/mol. The highest BCUT2D eigenvalue weighted by Gasteiger charge is 2.17. The molecule has 5 rings (SSSR count). The van der Waals surface area contributed by atoms with Crippen LogP contribution in [0.2, 0.25) is 0 Å². The molecule has 0 saturated heterocycles. The minimum absolute atomic E-state index is 0.191. The normalized spacial score (nSPS) is 14.7. The Morgan fingerprint density at radius 2 is 1.85 bits per heavy atom. The van der Waals surface area contributed by atoms with Crippen molar-refractivity contribution in [2.45, 2.75) is 25.7 Å². The molecule has 1 N–H and O–H groups in total. The Balaban J connectivity index is 1.34. The van der Waals surface area contributed by atoms with Gasteiger partial charge < -0.3 is 9.47 Å². The van der Waals surface area contributed by atoms with Gasteiger partial charge in [0.25, 0.3) is 5.91 Å². The molecule has 27 heavy (non-hydrogen) atoms. The number of carbonyl (C=O) groups excluding carboxylic acids is 1. The largest absolute Gasteiger partial charge is 0.454 e. The van der Waals surface area contributed by atoms with Gasteiger partial charge in [-0.3, -0.25) is 10.1 Å². The van der Waals surface area contributed by atoms with E-state index in [1.54, 1.807) is 18.2 Å². The van der Waals surface area contributed by atoms with Crippen molar-refractivity contribution in [3.63, 3.8) is 0 Å². The van der Waals surface area contributed by atoms with Gasteiger partial charge in [0.1, 0.15) is 0 Å². The van der Waals surface area contributed by atoms with Crippen molar-refractivity contribution in [3.05, 3.63) is 58.5 Å². The van der Waals surface area contributed by atoms with Crippen LogP contribution >= 0.6 is 11.3 Å². The van der Waals surface area contributed by atoms with Crippen LogP contribution in [0.1, 0.15) is 34.3 Å². The van der Waals surface area contributed by atoms with E-state index in [9.17, 15) is 4.79 Å². The van der Waals surface area contributed by atoms with Gasteiger partial charge in [0.15, 0.2) is 16.6 Å². The second-order valence-electron chi connectivity index (χ2n) is 6.75. The summed E-state index contributed by atoms with van der Waals surface area (Å²) in [6.07, 6.45) is 4.84. The van der Waals surface area contributed by atoms with E-state index in [0.717, 1.165) is 17.7 Å². The van der Waals surface area contributed by atoms with Gasteiger partial charge >= 0.3 is 0 Å². The van der Waals surface area contributed by atoms with Crippen LogP contribution in [0.3, 0.4) is 0 Å². The zero-order valence-electron chi connectivity index (χ0n) is 14.7. The molecule has 2 aliphatic rings. The number of amides is 1. The highest BCUT2D eigenvalue weighted by molar-refractivity contribution is 7.14. The van der Waals surface area contributed by atoms with Gasteiger partial charge in [0, 0.05) is 16.5 Å². The number of carbonyl (C=O) groups is 1. The SMILES string of the molecule is O=C(Nc1nc(-c2ccc3c(c2)CCCC3)cs1)c1ccc2c(c1)OCO2. The molecule has 0 radical (unpaired) electrons. The third-order valence-corrected chi connectivity index (χ3v) is 5.76. The van der Waals surface area contributed by atoms with Crippen LogP contribution < -0.4 is 14.8 Å².